The van der Waals surface area contributed by atoms with Crippen molar-refractivity contribution in [2.45, 2.75) is 6.10 Å². The summed E-state index contributed by atoms with van der Waals surface area (Å²) in [5.41, 5.74) is 0.327. The first-order valence-electron chi connectivity index (χ1n) is 10.7. The molecule has 14 heteroatoms. The Hall–Kier alpha value is -4.33. The van der Waals surface area contributed by atoms with E-state index < -0.39 is 18.0 Å². The topological polar surface area (TPSA) is 150 Å². The Kier molecular flexibility index (Phi) is 5.86. The van der Waals surface area contributed by atoms with Gasteiger partial charge in [0.1, 0.15) is 18.2 Å². The molecule has 0 bridgehead atoms. The van der Waals surface area contributed by atoms with Gasteiger partial charge in [0.05, 0.1) is 24.5 Å². The number of aromatic nitrogens is 4. The van der Waals surface area contributed by atoms with Crippen LogP contribution < -0.4 is 30.6 Å². The zero-order valence-corrected chi connectivity index (χ0v) is 18.5. The highest BCUT2D eigenvalue weighted by Gasteiger charge is 2.34. The second kappa shape index (κ2) is 9.13. The molecule has 182 valence electrons. The summed E-state index contributed by atoms with van der Waals surface area (Å²) in [5.74, 6) is -0.488. The van der Waals surface area contributed by atoms with Crippen LogP contribution in [0.15, 0.2) is 29.3 Å². The van der Waals surface area contributed by atoms with E-state index in [1.807, 2.05) is 0 Å². The van der Waals surface area contributed by atoms with E-state index in [-0.39, 0.29) is 60.0 Å². The first-order valence-corrected chi connectivity index (χ1v) is 10.7. The van der Waals surface area contributed by atoms with Crippen molar-refractivity contribution < 1.29 is 28.2 Å². The lowest BCUT2D eigenvalue weighted by Crippen LogP contribution is -2.33. The number of amides is 2. The van der Waals surface area contributed by atoms with Crippen LogP contribution in [0.5, 0.6) is 11.6 Å². The van der Waals surface area contributed by atoms with E-state index in [4.69, 9.17) is 14.2 Å². The van der Waals surface area contributed by atoms with Crippen molar-refractivity contribution in [1.82, 2.24) is 24.8 Å². The van der Waals surface area contributed by atoms with E-state index >= 15 is 0 Å². The normalized spacial score (nSPS) is 17.1. The van der Waals surface area contributed by atoms with Gasteiger partial charge in [-0.3, -0.25) is 14.5 Å². The van der Waals surface area contributed by atoms with Gasteiger partial charge in [0.2, 0.25) is 0 Å². The van der Waals surface area contributed by atoms with Crippen molar-refractivity contribution in [3.05, 3.63) is 40.7 Å². The molecule has 1 saturated heterocycles. The van der Waals surface area contributed by atoms with E-state index in [9.17, 15) is 18.8 Å². The zero-order valence-electron chi connectivity index (χ0n) is 18.5. The summed E-state index contributed by atoms with van der Waals surface area (Å²) >= 11 is 0. The molecule has 3 aromatic rings. The number of fused-ring (bicyclic) bond motifs is 2. The van der Waals surface area contributed by atoms with Crippen molar-refractivity contribution in [3.63, 3.8) is 0 Å². The lowest BCUT2D eigenvalue weighted by Gasteiger charge is -2.18. The van der Waals surface area contributed by atoms with Crippen LogP contribution in [0.4, 0.5) is 20.8 Å². The summed E-state index contributed by atoms with van der Waals surface area (Å²) in [4.78, 5) is 49.3. The molecule has 1 atom stereocenters. The average molecular weight is 485 g/mol. The van der Waals surface area contributed by atoms with Crippen molar-refractivity contribution in [3.8, 4) is 11.6 Å². The molecule has 0 aliphatic carbocycles. The van der Waals surface area contributed by atoms with Crippen LogP contribution in [0.25, 0.3) is 11.0 Å². The molecule has 0 spiro atoms. The lowest BCUT2D eigenvalue weighted by atomic mass is 10.2. The van der Waals surface area contributed by atoms with Crippen molar-refractivity contribution in [2.24, 2.45) is 7.05 Å². The van der Waals surface area contributed by atoms with Crippen LogP contribution in [0, 0.1) is 5.82 Å². The fourth-order valence-electron chi connectivity index (χ4n) is 3.71. The molecule has 2 aliphatic rings. The SMILES string of the molecule is Cn1c(=O)cnc2ccc(F)c(OCCNC[C@@H]3CN(c4cnc5c(n4)NC(=O)CO5)C(=O)O3)c21. The third-order valence-electron chi connectivity index (χ3n) is 5.41. The lowest BCUT2D eigenvalue weighted by molar-refractivity contribution is -0.118. The molecular weight excluding hydrogens is 465 g/mol. The largest absolute Gasteiger partial charge is 0.487 e. The van der Waals surface area contributed by atoms with Crippen LogP contribution >= 0.6 is 0 Å². The van der Waals surface area contributed by atoms with Gasteiger partial charge in [0.25, 0.3) is 17.3 Å². The van der Waals surface area contributed by atoms with Crippen LogP contribution in [0.2, 0.25) is 0 Å². The molecule has 13 nitrogen and oxygen atoms in total. The zero-order chi connectivity index (χ0) is 24.5. The van der Waals surface area contributed by atoms with Gasteiger partial charge in [-0.15, -0.1) is 0 Å². The molecule has 0 radical (unpaired) electrons. The molecule has 35 heavy (non-hydrogen) atoms. The van der Waals surface area contributed by atoms with E-state index in [1.165, 1.54) is 34.8 Å². The maximum atomic E-state index is 14.4. The number of carbonyl (C=O) groups excluding carboxylic acids is 2. The van der Waals surface area contributed by atoms with E-state index in [2.05, 4.69) is 25.6 Å². The van der Waals surface area contributed by atoms with E-state index in [0.29, 0.717) is 18.6 Å². The third kappa shape index (κ3) is 4.42. The predicted molar refractivity (Wildman–Crippen MR) is 119 cm³/mol. The number of anilines is 2. The maximum Gasteiger partial charge on any atom is 0.416 e. The molecule has 5 rings (SSSR count). The monoisotopic (exact) mass is 485 g/mol. The molecular formula is C21H20FN7O6. The standard InChI is InChI=1S/C21H20FN7O6/c1-28-16(31)8-24-13-3-2-12(22)18(17(13)28)33-5-4-23-6-11-9-29(21(32)35-11)14-7-25-20-19(26-14)27-15(30)10-34-20/h2-3,7-8,11,23H,4-6,9-10H2,1H3,(H,26,27,30)/t11-/m1/s1. The average Bonchev–Trinajstić information content (AvgIpc) is 3.22. The molecule has 0 saturated carbocycles. The number of benzene rings is 1. The van der Waals surface area contributed by atoms with Crippen LogP contribution in [0.1, 0.15) is 0 Å². The highest BCUT2D eigenvalue weighted by Crippen LogP contribution is 2.28. The molecule has 2 aliphatic heterocycles. The highest BCUT2D eigenvalue weighted by atomic mass is 19.1. The third-order valence-corrected chi connectivity index (χ3v) is 5.41. The minimum Gasteiger partial charge on any atom is -0.487 e. The van der Waals surface area contributed by atoms with Crippen molar-refractivity contribution in [1.29, 1.82) is 0 Å². The number of nitrogens with one attached hydrogen (secondary N) is 2. The summed E-state index contributed by atoms with van der Waals surface area (Å²) in [5, 5.41) is 5.63. The van der Waals surface area contributed by atoms with Crippen LogP contribution in [-0.2, 0) is 16.6 Å². The molecule has 4 heterocycles. The Balaban J connectivity index is 1.15. The van der Waals surface area contributed by atoms with Gasteiger partial charge in [-0.1, -0.05) is 0 Å². The number of hydrogen-bond acceptors (Lipinski definition) is 10. The number of carbonyl (C=O) groups is 2. The molecule has 2 aromatic heterocycles. The number of aryl methyl sites for hydroxylation is 1. The molecule has 0 unspecified atom stereocenters. The summed E-state index contributed by atoms with van der Waals surface area (Å²) in [6.07, 6.45) is 1.45. The van der Waals surface area contributed by atoms with Gasteiger partial charge in [-0.25, -0.2) is 24.1 Å². The Bertz CT molecular complexity index is 1380. The molecule has 2 N–H and O–H groups in total. The number of halogens is 1. The second-order valence-corrected chi connectivity index (χ2v) is 7.79. The Morgan fingerprint density at radius 1 is 1.26 bits per heavy atom. The van der Waals surface area contributed by atoms with Gasteiger partial charge < -0.3 is 29.4 Å². The first-order chi connectivity index (χ1) is 16.9. The second-order valence-electron chi connectivity index (χ2n) is 7.79. The van der Waals surface area contributed by atoms with Gasteiger partial charge >= 0.3 is 6.09 Å². The Morgan fingerprint density at radius 2 is 2.11 bits per heavy atom. The summed E-state index contributed by atoms with van der Waals surface area (Å²) in [6.45, 7) is 0.786. The molecule has 1 fully saturated rings. The van der Waals surface area contributed by atoms with Gasteiger partial charge in [0, 0.05) is 20.1 Å². The van der Waals surface area contributed by atoms with Crippen molar-refractivity contribution >= 4 is 34.7 Å². The van der Waals surface area contributed by atoms with Crippen molar-refractivity contribution in [2.75, 3.05) is 43.1 Å². The highest BCUT2D eigenvalue weighted by molar-refractivity contribution is 5.94. The number of ether oxygens (including phenoxy) is 3. The fraction of sp³-hybridized carbons (Fsp3) is 0.333. The summed E-state index contributed by atoms with van der Waals surface area (Å²) in [7, 11) is 1.52. The smallest absolute Gasteiger partial charge is 0.416 e. The van der Waals surface area contributed by atoms with E-state index in [0.717, 1.165) is 6.20 Å². The molecule has 1 aromatic carbocycles. The Labute approximate surface area is 196 Å². The summed E-state index contributed by atoms with van der Waals surface area (Å²) in [6, 6.07) is 2.71. The minimum atomic E-state index is -0.603. The van der Waals surface area contributed by atoms with Crippen LogP contribution in [-0.4, -0.2) is 70.5 Å². The maximum absolute atomic E-state index is 14.4. The minimum absolute atomic E-state index is 0.0578. The number of nitrogens with zero attached hydrogens (tertiary/aromatic N) is 5. The summed E-state index contributed by atoms with van der Waals surface area (Å²) < 4.78 is 31.8. The Morgan fingerprint density at radius 3 is 2.97 bits per heavy atom. The molecule has 2 amide bonds. The van der Waals surface area contributed by atoms with E-state index in [1.54, 1.807) is 0 Å². The van der Waals surface area contributed by atoms with Gasteiger partial charge in [-0.2, -0.15) is 0 Å². The fourth-order valence-corrected chi connectivity index (χ4v) is 3.71. The predicted octanol–water partition coefficient (Wildman–Crippen LogP) is 0.187. The van der Waals surface area contributed by atoms with Crippen LogP contribution in [0.3, 0.4) is 0 Å². The number of hydrogen-bond donors (Lipinski definition) is 2. The number of rotatable bonds is 7. The number of cyclic esters (lactones) is 1. The first kappa shape index (κ1) is 22.5. The van der Waals surface area contributed by atoms with Gasteiger partial charge in [-0.05, 0) is 12.1 Å². The quantitative estimate of drug-likeness (QED) is 0.444. The van der Waals surface area contributed by atoms with Gasteiger partial charge in [0.15, 0.2) is 29.8 Å².